The Bertz CT molecular complexity index is 403. The Labute approximate surface area is 115 Å². The number of anilines is 2. The highest BCUT2D eigenvalue weighted by Gasteiger charge is 2.22. The minimum atomic E-state index is 0.281. The number of nitrogen functional groups attached to an aromatic ring is 1. The van der Waals surface area contributed by atoms with Crippen LogP contribution in [0.2, 0.25) is 0 Å². The van der Waals surface area contributed by atoms with Gasteiger partial charge in [0.05, 0.1) is 12.7 Å². The van der Waals surface area contributed by atoms with Gasteiger partial charge in [-0.2, -0.15) is 0 Å². The summed E-state index contributed by atoms with van der Waals surface area (Å²) in [5.41, 5.74) is 7.62. The summed E-state index contributed by atoms with van der Waals surface area (Å²) in [6.07, 6.45) is 3.55. The summed E-state index contributed by atoms with van der Waals surface area (Å²) in [5, 5.41) is 3.46. The molecule has 0 aliphatic carbocycles. The smallest absolute Gasteiger partial charge is 0.123 e. The molecule has 106 valence electrons. The molecule has 2 atom stereocenters. The summed E-state index contributed by atoms with van der Waals surface area (Å²) in [4.78, 5) is 0. The number of nitrogens with one attached hydrogen (secondary N) is 1. The third-order valence-corrected chi connectivity index (χ3v) is 3.32. The zero-order valence-corrected chi connectivity index (χ0v) is 11.8. The van der Waals surface area contributed by atoms with Gasteiger partial charge < -0.3 is 20.5 Å². The number of hydrogen-bond donors (Lipinski definition) is 2. The van der Waals surface area contributed by atoms with Crippen molar-refractivity contribution in [3.8, 4) is 5.75 Å². The second kappa shape index (κ2) is 6.66. The van der Waals surface area contributed by atoms with Crippen LogP contribution in [-0.2, 0) is 4.74 Å². The average molecular weight is 264 g/mol. The fourth-order valence-corrected chi connectivity index (χ4v) is 2.36. The Morgan fingerprint density at radius 3 is 3.00 bits per heavy atom. The van der Waals surface area contributed by atoms with Crippen molar-refractivity contribution in [2.45, 2.75) is 45.3 Å². The number of ether oxygens (including phenoxy) is 2. The van der Waals surface area contributed by atoms with E-state index in [0.717, 1.165) is 43.0 Å². The lowest BCUT2D eigenvalue weighted by Gasteiger charge is -2.21. The summed E-state index contributed by atoms with van der Waals surface area (Å²) in [7, 11) is 0. The third-order valence-electron chi connectivity index (χ3n) is 3.32. The second-order valence-electron chi connectivity index (χ2n) is 5.12. The summed E-state index contributed by atoms with van der Waals surface area (Å²) in [5.74, 6) is 0.823. The molecule has 0 bridgehead atoms. The Morgan fingerprint density at radius 1 is 1.47 bits per heavy atom. The lowest BCUT2D eigenvalue weighted by Crippen LogP contribution is -2.30. The largest absolute Gasteiger partial charge is 0.493 e. The fourth-order valence-electron chi connectivity index (χ4n) is 2.36. The minimum Gasteiger partial charge on any atom is -0.493 e. The normalized spacial score (nSPS) is 20.2. The van der Waals surface area contributed by atoms with E-state index < -0.39 is 0 Å². The lowest BCUT2D eigenvalue weighted by atomic mass is 10.1. The zero-order valence-electron chi connectivity index (χ0n) is 11.8. The SMILES string of the molecule is CCCOc1cc(N)cc(NC(C)C2CCCO2)c1. The van der Waals surface area contributed by atoms with Crippen molar-refractivity contribution in [2.75, 3.05) is 24.3 Å². The molecule has 1 heterocycles. The standard InChI is InChI=1S/C15H24N2O2/c1-3-6-18-14-9-12(16)8-13(10-14)17-11(2)15-5-4-7-19-15/h8-11,15,17H,3-7,16H2,1-2H3. The number of benzene rings is 1. The van der Waals surface area contributed by atoms with Crippen molar-refractivity contribution >= 4 is 11.4 Å². The van der Waals surface area contributed by atoms with Crippen molar-refractivity contribution in [1.29, 1.82) is 0 Å². The maximum Gasteiger partial charge on any atom is 0.123 e. The van der Waals surface area contributed by atoms with Gasteiger partial charge in [-0.25, -0.2) is 0 Å². The van der Waals surface area contributed by atoms with Gasteiger partial charge in [0.25, 0.3) is 0 Å². The third kappa shape index (κ3) is 4.03. The molecular weight excluding hydrogens is 240 g/mol. The maximum atomic E-state index is 5.91. The second-order valence-corrected chi connectivity index (χ2v) is 5.12. The van der Waals surface area contributed by atoms with Crippen molar-refractivity contribution in [2.24, 2.45) is 0 Å². The van der Waals surface area contributed by atoms with E-state index in [4.69, 9.17) is 15.2 Å². The number of rotatable bonds is 6. The van der Waals surface area contributed by atoms with Crippen LogP contribution >= 0.6 is 0 Å². The Morgan fingerprint density at radius 2 is 2.32 bits per heavy atom. The molecule has 1 aliphatic rings. The van der Waals surface area contributed by atoms with E-state index in [1.54, 1.807) is 0 Å². The van der Waals surface area contributed by atoms with Crippen molar-refractivity contribution in [3.63, 3.8) is 0 Å². The molecule has 1 fully saturated rings. The molecule has 2 rings (SSSR count). The quantitative estimate of drug-likeness (QED) is 0.775. The fraction of sp³-hybridized carbons (Fsp3) is 0.600. The molecule has 4 heteroatoms. The van der Waals surface area contributed by atoms with Gasteiger partial charge in [-0.1, -0.05) is 6.92 Å². The van der Waals surface area contributed by atoms with E-state index in [9.17, 15) is 0 Å². The molecule has 1 aromatic carbocycles. The Hall–Kier alpha value is -1.42. The van der Waals surface area contributed by atoms with Crippen LogP contribution in [-0.4, -0.2) is 25.4 Å². The van der Waals surface area contributed by atoms with Crippen molar-refractivity contribution in [1.82, 2.24) is 0 Å². The maximum absolute atomic E-state index is 5.91. The van der Waals surface area contributed by atoms with Crippen LogP contribution < -0.4 is 15.8 Å². The number of hydrogen-bond acceptors (Lipinski definition) is 4. The van der Waals surface area contributed by atoms with E-state index in [2.05, 4.69) is 19.2 Å². The molecule has 0 saturated carbocycles. The van der Waals surface area contributed by atoms with Crippen LogP contribution in [0.5, 0.6) is 5.75 Å². The first-order chi connectivity index (χ1) is 9.19. The van der Waals surface area contributed by atoms with Gasteiger partial charge in [-0.15, -0.1) is 0 Å². The summed E-state index contributed by atoms with van der Waals surface area (Å²) in [6.45, 7) is 5.82. The lowest BCUT2D eigenvalue weighted by molar-refractivity contribution is 0.0996. The summed E-state index contributed by atoms with van der Waals surface area (Å²) < 4.78 is 11.3. The van der Waals surface area contributed by atoms with E-state index in [1.165, 1.54) is 0 Å². The molecule has 1 saturated heterocycles. The van der Waals surface area contributed by atoms with Gasteiger partial charge in [0, 0.05) is 36.2 Å². The molecule has 0 aromatic heterocycles. The highest BCUT2D eigenvalue weighted by Crippen LogP contribution is 2.25. The first-order valence-corrected chi connectivity index (χ1v) is 7.10. The topological polar surface area (TPSA) is 56.5 Å². The molecule has 1 aliphatic heterocycles. The zero-order chi connectivity index (χ0) is 13.7. The van der Waals surface area contributed by atoms with Gasteiger partial charge >= 0.3 is 0 Å². The molecule has 4 nitrogen and oxygen atoms in total. The van der Waals surface area contributed by atoms with E-state index in [-0.39, 0.29) is 6.04 Å². The van der Waals surface area contributed by atoms with Crippen LogP contribution in [0.25, 0.3) is 0 Å². The highest BCUT2D eigenvalue weighted by atomic mass is 16.5. The molecule has 2 unspecified atom stereocenters. The van der Waals surface area contributed by atoms with Crippen LogP contribution in [0.4, 0.5) is 11.4 Å². The molecule has 0 amide bonds. The van der Waals surface area contributed by atoms with E-state index in [0.29, 0.717) is 12.7 Å². The van der Waals surface area contributed by atoms with Crippen LogP contribution in [0.3, 0.4) is 0 Å². The van der Waals surface area contributed by atoms with Crippen LogP contribution in [0.15, 0.2) is 18.2 Å². The van der Waals surface area contributed by atoms with Gasteiger partial charge in [-0.05, 0) is 32.3 Å². The van der Waals surface area contributed by atoms with Crippen LogP contribution in [0.1, 0.15) is 33.1 Å². The first kappa shape index (κ1) is 14.0. The Kier molecular flexibility index (Phi) is 4.91. The summed E-state index contributed by atoms with van der Waals surface area (Å²) in [6, 6.07) is 6.07. The van der Waals surface area contributed by atoms with Crippen LogP contribution in [0, 0.1) is 0 Å². The van der Waals surface area contributed by atoms with Crippen molar-refractivity contribution in [3.05, 3.63) is 18.2 Å². The van der Waals surface area contributed by atoms with E-state index >= 15 is 0 Å². The van der Waals surface area contributed by atoms with Gasteiger partial charge in [-0.3, -0.25) is 0 Å². The van der Waals surface area contributed by atoms with Gasteiger partial charge in [0.15, 0.2) is 0 Å². The predicted molar refractivity (Wildman–Crippen MR) is 78.7 cm³/mol. The Balaban J connectivity index is 2.00. The molecular formula is C15H24N2O2. The number of nitrogens with two attached hydrogens (primary N) is 1. The predicted octanol–water partition coefficient (Wildman–Crippen LogP) is 3.04. The molecule has 0 spiro atoms. The molecule has 3 N–H and O–H groups in total. The highest BCUT2D eigenvalue weighted by molar-refractivity contribution is 5.59. The van der Waals surface area contributed by atoms with Gasteiger partial charge in [0.1, 0.15) is 5.75 Å². The average Bonchev–Trinajstić information content (AvgIpc) is 2.89. The van der Waals surface area contributed by atoms with E-state index in [1.807, 2.05) is 18.2 Å². The molecule has 19 heavy (non-hydrogen) atoms. The first-order valence-electron chi connectivity index (χ1n) is 7.10. The van der Waals surface area contributed by atoms with Gasteiger partial charge in [0.2, 0.25) is 0 Å². The monoisotopic (exact) mass is 264 g/mol. The summed E-state index contributed by atoms with van der Waals surface area (Å²) >= 11 is 0. The molecule has 1 aromatic rings. The molecule has 0 radical (unpaired) electrons. The van der Waals surface area contributed by atoms with Crippen molar-refractivity contribution < 1.29 is 9.47 Å². The minimum absolute atomic E-state index is 0.281.